The Bertz CT molecular complexity index is 443. The molecule has 0 atom stereocenters. The van der Waals surface area contributed by atoms with Crippen LogP contribution >= 0.6 is 15.9 Å². The summed E-state index contributed by atoms with van der Waals surface area (Å²) in [7, 11) is 0. The van der Waals surface area contributed by atoms with Crippen LogP contribution in [0.1, 0.15) is 24.0 Å². The lowest BCUT2D eigenvalue weighted by molar-refractivity contribution is 0.627. The van der Waals surface area contributed by atoms with Crippen LogP contribution in [0, 0.1) is 16.6 Å². The van der Waals surface area contributed by atoms with Gasteiger partial charge in [-0.25, -0.2) is 4.39 Å². The minimum atomic E-state index is -0.242. The highest BCUT2D eigenvalue weighted by molar-refractivity contribution is 9.12. The molecule has 0 nitrogen and oxygen atoms in total. The van der Waals surface area contributed by atoms with Gasteiger partial charge in [0.2, 0.25) is 0 Å². The number of hydrogen-bond donors (Lipinski definition) is 0. The van der Waals surface area contributed by atoms with Gasteiger partial charge in [0.15, 0.2) is 0 Å². The van der Waals surface area contributed by atoms with Crippen LogP contribution in [0.4, 0.5) is 4.39 Å². The first-order chi connectivity index (χ1) is 6.79. The molecule has 0 N–H and O–H groups in total. The molecular formula is C12H8BrF. The highest BCUT2D eigenvalue weighted by atomic mass is 79.9. The fourth-order valence-electron chi connectivity index (χ4n) is 1.25. The van der Waals surface area contributed by atoms with Gasteiger partial charge in [0.1, 0.15) is 5.82 Å². The summed E-state index contributed by atoms with van der Waals surface area (Å²) in [6.07, 6.45) is 4.42. The molecule has 1 aliphatic rings. The van der Waals surface area contributed by atoms with Crippen molar-refractivity contribution in [3.63, 3.8) is 0 Å². The van der Waals surface area contributed by atoms with Crippen LogP contribution in [0.2, 0.25) is 0 Å². The van der Waals surface area contributed by atoms with Gasteiger partial charge < -0.3 is 0 Å². The van der Waals surface area contributed by atoms with Gasteiger partial charge in [-0.1, -0.05) is 23.6 Å². The molecule has 0 aromatic heterocycles. The van der Waals surface area contributed by atoms with Gasteiger partial charge in [-0.15, -0.1) is 0 Å². The predicted molar refractivity (Wildman–Crippen MR) is 59.4 cm³/mol. The molecule has 0 saturated heterocycles. The van der Waals surface area contributed by atoms with E-state index < -0.39 is 0 Å². The van der Waals surface area contributed by atoms with Crippen LogP contribution in [0.3, 0.4) is 0 Å². The molecule has 1 aromatic carbocycles. The molecule has 0 unspecified atom stereocenters. The van der Waals surface area contributed by atoms with Crippen LogP contribution in [0.25, 0.3) is 6.08 Å². The number of allylic oxidation sites excluding steroid dienone is 1. The first kappa shape index (κ1) is 9.48. The van der Waals surface area contributed by atoms with Crippen LogP contribution in [0.15, 0.2) is 23.8 Å². The summed E-state index contributed by atoms with van der Waals surface area (Å²) in [5, 5.41) is 0. The van der Waals surface area contributed by atoms with E-state index in [-0.39, 0.29) is 5.82 Å². The maximum Gasteiger partial charge on any atom is 0.124 e. The highest BCUT2D eigenvalue weighted by Crippen LogP contribution is 2.30. The van der Waals surface area contributed by atoms with Crippen molar-refractivity contribution in [2.24, 2.45) is 0 Å². The van der Waals surface area contributed by atoms with Gasteiger partial charge in [0.05, 0.1) is 0 Å². The second-order valence-electron chi connectivity index (χ2n) is 3.25. The van der Waals surface area contributed by atoms with Crippen molar-refractivity contribution in [1.82, 2.24) is 0 Å². The van der Waals surface area contributed by atoms with E-state index in [1.165, 1.54) is 30.5 Å². The summed E-state index contributed by atoms with van der Waals surface area (Å²) in [5.74, 6) is 2.59. The van der Waals surface area contributed by atoms with E-state index in [0.717, 1.165) is 11.1 Å². The van der Waals surface area contributed by atoms with Crippen LogP contribution in [-0.4, -0.2) is 0 Å². The quantitative estimate of drug-likeness (QED) is 0.667. The second kappa shape index (κ2) is 3.98. The van der Waals surface area contributed by atoms with Crippen molar-refractivity contribution in [2.75, 3.05) is 0 Å². The van der Waals surface area contributed by atoms with Crippen molar-refractivity contribution in [3.05, 3.63) is 40.7 Å². The summed E-state index contributed by atoms with van der Waals surface area (Å²) in [4.78, 5) is 2.61. The van der Waals surface area contributed by atoms with Gasteiger partial charge >= 0.3 is 0 Å². The molecule has 2 heteroatoms. The molecule has 70 valence electrons. The average Bonchev–Trinajstić information content (AvgIpc) is 2.94. The second-order valence-corrected chi connectivity index (χ2v) is 3.65. The Kier molecular flexibility index (Phi) is 2.69. The lowest BCUT2D eigenvalue weighted by Crippen LogP contribution is -1.84. The van der Waals surface area contributed by atoms with Gasteiger partial charge in [-0.3, -0.25) is 0 Å². The molecular weight excluding hydrogens is 243 g/mol. The van der Waals surface area contributed by atoms with E-state index >= 15 is 0 Å². The average molecular weight is 251 g/mol. The van der Waals surface area contributed by atoms with E-state index in [2.05, 4.69) is 32.8 Å². The zero-order chi connectivity index (χ0) is 9.97. The summed E-state index contributed by atoms with van der Waals surface area (Å²) in [6, 6.07) is 4.70. The number of benzene rings is 1. The molecule has 0 radical (unpaired) electrons. The zero-order valence-corrected chi connectivity index (χ0v) is 9.07. The summed E-state index contributed by atoms with van der Waals surface area (Å²) >= 11 is 3.02. The third kappa shape index (κ3) is 2.24. The Hall–Kier alpha value is -1.07. The fraction of sp³-hybridized carbons (Fsp3) is 0.167. The summed E-state index contributed by atoms with van der Waals surface area (Å²) in [5.41, 5.74) is 3.15. The molecule has 0 aliphatic heterocycles. The lowest BCUT2D eigenvalue weighted by Gasteiger charge is -1.98. The topological polar surface area (TPSA) is 0 Å². The molecule has 1 saturated carbocycles. The van der Waals surface area contributed by atoms with E-state index in [1.54, 1.807) is 6.07 Å². The van der Waals surface area contributed by atoms with Gasteiger partial charge in [0.25, 0.3) is 0 Å². The molecule has 14 heavy (non-hydrogen) atoms. The predicted octanol–water partition coefficient (Wildman–Crippen LogP) is 3.71. The highest BCUT2D eigenvalue weighted by Gasteiger charge is 2.11. The third-order valence-corrected chi connectivity index (χ3v) is 2.29. The number of rotatable bonds is 1. The van der Waals surface area contributed by atoms with Crippen molar-refractivity contribution < 1.29 is 4.39 Å². The van der Waals surface area contributed by atoms with Crippen LogP contribution in [-0.2, 0) is 0 Å². The third-order valence-electron chi connectivity index (χ3n) is 2.10. The van der Waals surface area contributed by atoms with Crippen LogP contribution in [0.5, 0.6) is 0 Å². The Morgan fingerprint density at radius 3 is 2.79 bits per heavy atom. The van der Waals surface area contributed by atoms with Crippen molar-refractivity contribution in [2.45, 2.75) is 12.8 Å². The Labute approximate surface area is 91.0 Å². The largest absolute Gasteiger partial charge is 0.207 e. The van der Waals surface area contributed by atoms with Crippen molar-refractivity contribution in [1.29, 1.82) is 0 Å². The van der Waals surface area contributed by atoms with E-state index in [9.17, 15) is 4.39 Å². The monoisotopic (exact) mass is 250 g/mol. The first-order valence-corrected chi connectivity index (χ1v) is 5.19. The number of halogens is 2. The summed E-state index contributed by atoms with van der Waals surface area (Å²) < 4.78 is 12.9. The molecule has 0 heterocycles. The Morgan fingerprint density at radius 2 is 2.14 bits per heavy atom. The van der Waals surface area contributed by atoms with E-state index in [1.807, 2.05) is 0 Å². The minimum Gasteiger partial charge on any atom is -0.207 e. The maximum atomic E-state index is 12.9. The lowest BCUT2D eigenvalue weighted by atomic mass is 10.1. The SMILES string of the molecule is Fc1ccc(C=C2CC2)c(C#CBr)c1. The maximum absolute atomic E-state index is 12.9. The van der Waals surface area contributed by atoms with E-state index in [4.69, 9.17) is 0 Å². The molecule has 1 aromatic rings. The first-order valence-electron chi connectivity index (χ1n) is 4.40. The fourth-order valence-corrected chi connectivity index (χ4v) is 1.46. The van der Waals surface area contributed by atoms with E-state index in [0.29, 0.717) is 0 Å². The van der Waals surface area contributed by atoms with Crippen LogP contribution < -0.4 is 0 Å². The molecule has 0 bridgehead atoms. The molecule has 0 spiro atoms. The molecule has 2 rings (SSSR count). The van der Waals surface area contributed by atoms with Gasteiger partial charge in [0, 0.05) is 21.5 Å². The Balaban J connectivity index is 2.45. The molecule has 1 aliphatic carbocycles. The smallest absolute Gasteiger partial charge is 0.124 e. The van der Waals surface area contributed by atoms with Gasteiger partial charge in [-0.2, -0.15) is 0 Å². The summed E-state index contributed by atoms with van der Waals surface area (Å²) in [6.45, 7) is 0. The molecule has 0 amide bonds. The Morgan fingerprint density at radius 1 is 1.36 bits per heavy atom. The zero-order valence-electron chi connectivity index (χ0n) is 7.48. The number of hydrogen-bond acceptors (Lipinski definition) is 0. The normalized spacial score (nSPS) is 13.1. The molecule has 1 fully saturated rings. The standard InChI is InChI=1S/C12H8BrF/c13-6-5-11-8-12(14)4-3-10(11)7-9-1-2-9/h3-4,7-8H,1-2H2. The van der Waals surface area contributed by atoms with Gasteiger partial charge in [-0.05, 0) is 35.4 Å². The van der Waals surface area contributed by atoms with Crippen molar-refractivity contribution in [3.8, 4) is 10.8 Å². The minimum absolute atomic E-state index is 0.242. The van der Waals surface area contributed by atoms with Crippen molar-refractivity contribution >= 4 is 22.0 Å².